The molecule has 1 heterocycles. The highest BCUT2D eigenvalue weighted by atomic mass is 32.2. The van der Waals surface area contributed by atoms with Gasteiger partial charge in [-0.05, 0) is 24.0 Å². The number of hydrogen-bond acceptors (Lipinski definition) is 3. The Bertz CT molecular complexity index is 252. The highest BCUT2D eigenvalue weighted by Crippen LogP contribution is 2.43. The van der Waals surface area contributed by atoms with E-state index < -0.39 is 17.5 Å². The molecule has 0 saturated carbocycles. The molecule has 0 bridgehead atoms. The summed E-state index contributed by atoms with van der Waals surface area (Å²) in [6.07, 6.45) is 1.07. The normalized spacial score (nSPS) is 32.3. The fraction of sp³-hybridized carbons (Fsp3) is 0.909. The number of carboxylic acids is 1. The highest BCUT2D eigenvalue weighted by Gasteiger charge is 2.46. The van der Waals surface area contributed by atoms with Crippen molar-refractivity contribution < 1.29 is 15.0 Å². The topological polar surface area (TPSA) is 57.5 Å². The molecule has 1 aliphatic heterocycles. The highest BCUT2D eigenvalue weighted by molar-refractivity contribution is 7.99. The summed E-state index contributed by atoms with van der Waals surface area (Å²) >= 11 is 1.66. The van der Waals surface area contributed by atoms with Crippen LogP contribution in [0.5, 0.6) is 0 Å². The van der Waals surface area contributed by atoms with E-state index in [-0.39, 0.29) is 5.41 Å². The molecule has 0 aromatic heterocycles. The van der Waals surface area contributed by atoms with Gasteiger partial charge in [-0.2, -0.15) is 11.8 Å². The third kappa shape index (κ3) is 2.88. The number of aliphatic hydroxyl groups is 1. The summed E-state index contributed by atoms with van der Waals surface area (Å²) < 4.78 is 0. The summed E-state index contributed by atoms with van der Waals surface area (Å²) in [7, 11) is 0. The van der Waals surface area contributed by atoms with Gasteiger partial charge in [-0.15, -0.1) is 0 Å². The maximum Gasteiger partial charge on any atom is 0.309 e. The molecule has 2 N–H and O–H groups in total. The number of thioether (sulfide) groups is 1. The van der Waals surface area contributed by atoms with Crippen LogP contribution in [0.15, 0.2) is 0 Å². The van der Waals surface area contributed by atoms with Gasteiger partial charge in [0.15, 0.2) is 0 Å². The predicted octanol–water partition coefficient (Wildman–Crippen LogP) is 1.99. The van der Waals surface area contributed by atoms with Crippen LogP contribution in [0.1, 0.15) is 33.6 Å². The minimum atomic E-state index is -1.03. The van der Waals surface area contributed by atoms with Gasteiger partial charge in [-0.1, -0.05) is 20.8 Å². The second-order valence-corrected chi connectivity index (χ2v) is 6.22. The van der Waals surface area contributed by atoms with Crippen molar-refractivity contribution in [2.24, 2.45) is 11.3 Å². The fourth-order valence-electron chi connectivity index (χ4n) is 2.44. The Balaban J connectivity index is 2.84. The monoisotopic (exact) mass is 232 g/mol. The van der Waals surface area contributed by atoms with E-state index in [1.54, 1.807) is 11.8 Å². The van der Waals surface area contributed by atoms with E-state index in [2.05, 4.69) is 13.8 Å². The molecule has 4 heteroatoms. The van der Waals surface area contributed by atoms with Crippen LogP contribution >= 0.6 is 11.8 Å². The van der Waals surface area contributed by atoms with E-state index in [0.717, 1.165) is 5.75 Å². The maximum absolute atomic E-state index is 11.1. The van der Waals surface area contributed by atoms with Gasteiger partial charge < -0.3 is 10.2 Å². The van der Waals surface area contributed by atoms with E-state index >= 15 is 0 Å². The lowest BCUT2D eigenvalue weighted by Crippen LogP contribution is -2.50. The van der Waals surface area contributed by atoms with Gasteiger partial charge in [-0.3, -0.25) is 4.79 Å². The molecule has 1 fully saturated rings. The van der Waals surface area contributed by atoms with Crippen LogP contribution in [0.3, 0.4) is 0 Å². The lowest BCUT2D eigenvalue weighted by molar-refractivity contribution is -0.153. The first-order chi connectivity index (χ1) is 6.81. The van der Waals surface area contributed by atoms with Crippen LogP contribution in [0.25, 0.3) is 0 Å². The molecule has 3 nitrogen and oxygen atoms in total. The van der Waals surface area contributed by atoms with Crippen LogP contribution in [0, 0.1) is 11.3 Å². The zero-order valence-electron chi connectivity index (χ0n) is 9.62. The van der Waals surface area contributed by atoms with Crippen molar-refractivity contribution >= 4 is 17.7 Å². The van der Waals surface area contributed by atoms with Crippen LogP contribution < -0.4 is 0 Å². The van der Waals surface area contributed by atoms with E-state index in [9.17, 15) is 9.90 Å². The van der Waals surface area contributed by atoms with Gasteiger partial charge in [0.2, 0.25) is 0 Å². The molecular weight excluding hydrogens is 212 g/mol. The average Bonchev–Trinajstić information content (AvgIpc) is 2.00. The Hall–Kier alpha value is -0.220. The molecule has 15 heavy (non-hydrogen) atoms. The minimum absolute atomic E-state index is 0.0283. The van der Waals surface area contributed by atoms with Crippen molar-refractivity contribution in [3.05, 3.63) is 0 Å². The van der Waals surface area contributed by atoms with Crippen LogP contribution in [-0.2, 0) is 4.79 Å². The van der Waals surface area contributed by atoms with Crippen molar-refractivity contribution in [3.63, 3.8) is 0 Å². The Kier molecular flexibility index (Phi) is 3.71. The minimum Gasteiger partial charge on any atom is -0.481 e. The van der Waals surface area contributed by atoms with Crippen molar-refractivity contribution in [1.29, 1.82) is 0 Å². The molecule has 1 aliphatic rings. The molecular formula is C11H20O3S. The van der Waals surface area contributed by atoms with Crippen molar-refractivity contribution in [2.75, 3.05) is 11.5 Å². The molecule has 0 amide bonds. The SMILES string of the molecule is CCC(C(=O)O)C1(O)CSCC(C)(C)C1. The number of aliphatic carboxylic acids is 1. The molecule has 88 valence electrons. The van der Waals surface area contributed by atoms with Gasteiger partial charge in [0.05, 0.1) is 11.5 Å². The Morgan fingerprint density at radius 3 is 2.47 bits per heavy atom. The number of rotatable bonds is 3. The molecule has 0 radical (unpaired) electrons. The first-order valence-electron chi connectivity index (χ1n) is 5.34. The second-order valence-electron chi connectivity index (χ2n) is 5.24. The van der Waals surface area contributed by atoms with Crippen LogP contribution in [0.4, 0.5) is 0 Å². The zero-order chi connectivity index (χ0) is 11.7. The third-order valence-electron chi connectivity index (χ3n) is 2.98. The average molecular weight is 232 g/mol. The summed E-state index contributed by atoms with van der Waals surface area (Å²) in [5, 5.41) is 19.5. The number of carboxylic acid groups (broad SMARTS) is 1. The fourth-order valence-corrected chi connectivity index (χ4v) is 3.86. The van der Waals surface area contributed by atoms with E-state index in [1.807, 2.05) is 6.92 Å². The predicted molar refractivity (Wildman–Crippen MR) is 62.1 cm³/mol. The van der Waals surface area contributed by atoms with Crippen LogP contribution in [-0.4, -0.2) is 33.3 Å². The third-order valence-corrected chi connectivity index (χ3v) is 4.67. The molecule has 2 atom stereocenters. The van der Waals surface area contributed by atoms with Gasteiger partial charge in [0.1, 0.15) is 0 Å². The van der Waals surface area contributed by atoms with E-state index in [4.69, 9.17) is 5.11 Å². The molecule has 2 unspecified atom stereocenters. The molecule has 0 aliphatic carbocycles. The summed E-state index contributed by atoms with van der Waals surface area (Å²) in [6.45, 7) is 5.99. The molecule has 1 rings (SSSR count). The lowest BCUT2D eigenvalue weighted by Gasteiger charge is -2.43. The Morgan fingerprint density at radius 1 is 1.47 bits per heavy atom. The summed E-state index contributed by atoms with van der Waals surface area (Å²) in [6, 6.07) is 0. The number of hydrogen-bond donors (Lipinski definition) is 2. The molecule has 0 spiro atoms. The number of carbonyl (C=O) groups is 1. The Morgan fingerprint density at radius 2 is 2.07 bits per heavy atom. The zero-order valence-corrected chi connectivity index (χ0v) is 10.4. The first kappa shape index (κ1) is 12.8. The van der Waals surface area contributed by atoms with Crippen molar-refractivity contribution in [1.82, 2.24) is 0 Å². The first-order valence-corrected chi connectivity index (χ1v) is 6.49. The van der Waals surface area contributed by atoms with E-state index in [1.165, 1.54) is 0 Å². The Labute approximate surface area is 95.3 Å². The maximum atomic E-state index is 11.1. The largest absolute Gasteiger partial charge is 0.481 e. The van der Waals surface area contributed by atoms with Gasteiger partial charge >= 0.3 is 5.97 Å². The molecule has 1 saturated heterocycles. The quantitative estimate of drug-likeness (QED) is 0.781. The van der Waals surface area contributed by atoms with Crippen molar-refractivity contribution in [3.8, 4) is 0 Å². The van der Waals surface area contributed by atoms with Crippen molar-refractivity contribution in [2.45, 2.75) is 39.2 Å². The van der Waals surface area contributed by atoms with Gasteiger partial charge in [0.25, 0.3) is 0 Å². The van der Waals surface area contributed by atoms with Gasteiger partial charge in [-0.25, -0.2) is 0 Å². The second kappa shape index (κ2) is 4.34. The lowest BCUT2D eigenvalue weighted by atomic mass is 9.74. The summed E-state index contributed by atoms with van der Waals surface area (Å²) in [4.78, 5) is 11.1. The van der Waals surface area contributed by atoms with Gasteiger partial charge in [0, 0.05) is 5.75 Å². The smallest absolute Gasteiger partial charge is 0.309 e. The van der Waals surface area contributed by atoms with Crippen LogP contribution in [0.2, 0.25) is 0 Å². The molecule has 0 aromatic carbocycles. The summed E-state index contributed by atoms with van der Waals surface area (Å²) in [5.74, 6) is 0.0231. The standard InChI is InChI=1S/C11H20O3S/c1-4-8(9(12)13)11(14)5-10(2,3)6-15-7-11/h8,14H,4-7H2,1-3H3,(H,12,13). The van der Waals surface area contributed by atoms with E-state index in [0.29, 0.717) is 18.6 Å². The summed E-state index contributed by atoms with van der Waals surface area (Å²) in [5.41, 5.74) is -1.01. The molecule has 0 aromatic rings.